The Morgan fingerprint density at radius 2 is 1.84 bits per heavy atom. The van der Waals surface area contributed by atoms with Crippen LogP contribution in [0.2, 0.25) is 0 Å². The highest BCUT2D eigenvalue weighted by atomic mass is 16.7. The van der Waals surface area contributed by atoms with E-state index in [0.717, 1.165) is 0 Å². The van der Waals surface area contributed by atoms with Gasteiger partial charge in [0.1, 0.15) is 30.1 Å². The highest BCUT2D eigenvalue weighted by Gasteiger charge is 2.31. The molecule has 6 rings (SSSR count). The van der Waals surface area contributed by atoms with E-state index in [1.807, 2.05) is 42.5 Å². The number of carbonyl (C=O) groups is 2. The summed E-state index contributed by atoms with van der Waals surface area (Å²) in [7, 11) is 3.05. The van der Waals surface area contributed by atoms with E-state index >= 15 is 0 Å². The average Bonchev–Trinajstić information content (AvgIpc) is 3.68. The van der Waals surface area contributed by atoms with Gasteiger partial charge in [0.2, 0.25) is 18.6 Å². The Morgan fingerprint density at radius 3 is 2.65 bits per heavy atom. The van der Waals surface area contributed by atoms with Crippen LogP contribution < -0.4 is 24.3 Å². The minimum Gasteiger partial charge on any atom is -0.497 e. The number of aromatic nitrogens is 4. The highest BCUT2D eigenvalue weighted by Crippen LogP contribution is 2.38. The summed E-state index contributed by atoms with van der Waals surface area (Å²) in [6, 6.07) is 20.8. The molecular weight excluding hydrogens is 552 g/mol. The van der Waals surface area contributed by atoms with E-state index in [2.05, 4.69) is 20.6 Å². The summed E-state index contributed by atoms with van der Waals surface area (Å²) >= 11 is 0. The monoisotopic (exact) mass is 580 g/mol. The van der Waals surface area contributed by atoms with Crippen molar-refractivity contribution < 1.29 is 28.5 Å². The Bertz CT molecular complexity index is 1780. The molecule has 0 aliphatic carbocycles. The minimum atomic E-state index is -0.700. The van der Waals surface area contributed by atoms with Gasteiger partial charge in [0.25, 0.3) is 0 Å². The fourth-order valence-electron chi connectivity index (χ4n) is 5.00. The maximum atomic E-state index is 14.2. The zero-order valence-corrected chi connectivity index (χ0v) is 23.5. The van der Waals surface area contributed by atoms with Crippen LogP contribution in [-0.2, 0) is 16.1 Å². The highest BCUT2D eigenvalue weighted by molar-refractivity contribution is 5.96. The lowest BCUT2D eigenvalue weighted by atomic mass is 9.97. The number of rotatable bonds is 10. The van der Waals surface area contributed by atoms with Gasteiger partial charge in [-0.2, -0.15) is 0 Å². The second-order valence-electron chi connectivity index (χ2n) is 9.67. The third-order valence-electron chi connectivity index (χ3n) is 7.05. The molecule has 5 aromatic rings. The lowest BCUT2D eigenvalue weighted by Crippen LogP contribution is -2.43. The first-order chi connectivity index (χ1) is 21.0. The van der Waals surface area contributed by atoms with Crippen LogP contribution >= 0.6 is 0 Å². The molecule has 0 saturated heterocycles. The third kappa shape index (κ3) is 5.75. The van der Waals surface area contributed by atoms with E-state index in [1.165, 1.54) is 16.7 Å². The van der Waals surface area contributed by atoms with Crippen molar-refractivity contribution in [1.29, 1.82) is 0 Å². The van der Waals surface area contributed by atoms with Crippen LogP contribution in [-0.4, -0.2) is 64.2 Å². The number of hydrogen-bond acceptors (Lipinski definition) is 9. The Balaban J connectivity index is 1.38. The molecule has 3 heterocycles. The van der Waals surface area contributed by atoms with E-state index in [4.69, 9.17) is 18.9 Å². The van der Waals surface area contributed by atoms with Crippen molar-refractivity contribution in [1.82, 2.24) is 24.9 Å². The van der Waals surface area contributed by atoms with Crippen molar-refractivity contribution in [2.24, 2.45) is 0 Å². The van der Waals surface area contributed by atoms with E-state index in [9.17, 15) is 9.59 Å². The van der Waals surface area contributed by atoms with E-state index < -0.39 is 11.9 Å². The number of nitrogens with zero attached hydrogens (tertiary/aromatic N) is 5. The molecule has 1 aliphatic heterocycles. The molecule has 3 aromatic carbocycles. The van der Waals surface area contributed by atoms with Gasteiger partial charge in [-0.3, -0.25) is 14.6 Å². The molecule has 0 spiro atoms. The largest absolute Gasteiger partial charge is 0.497 e. The van der Waals surface area contributed by atoms with Crippen molar-refractivity contribution in [3.8, 4) is 23.0 Å². The van der Waals surface area contributed by atoms with Gasteiger partial charge in [0, 0.05) is 18.5 Å². The molecule has 2 aromatic heterocycles. The SMILES string of the molecule is COc1ccc(NC(=O)CN(C(=O)Cn2nnc3ccccc32)C(c2cccnc2)c2ccc3c(c2)OCO3)c(OC)c1. The van der Waals surface area contributed by atoms with Crippen molar-refractivity contribution in [3.63, 3.8) is 0 Å². The Morgan fingerprint density at radius 1 is 0.977 bits per heavy atom. The van der Waals surface area contributed by atoms with Gasteiger partial charge < -0.3 is 29.2 Å². The lowest BCUT2D eigenvalue weighted by Gasteiger charge is -2.32. The number of pyridine rings is 1. The summed E-state index contributed by atoms with van der Waals surface area (Å²) in [5.41, 5.74) is 3.20. The number of ether oxygens (including phenoxy) is 4. The van der Waals surface area contributed by atoms with Gasteiger partial charge in [-0.1, -0.05) is 29.5 Å². The maximum Gasteiger partial charge on any atom is 0.245 e. The number of benzene rings is 3. The van der Waals surface area contributed by atoms with Crippen LogP contribution in [0.1, 0.15) is 17.2 Å². The normalized spacial score (nSPS) is 12.5. The quantitative estimate of drug-likeness (QED) is 0.262. The molecule has 12 nitrogen and oxygen atoms in total. The molecule has 218 valence electrons. The topological polar surface area (TPSA) is 130 Å². The molecule has 1 unspecified atom stereocenters. The fourth-order valence-corrected chi connectivity index (χ4v) is 5.00. The number of hydrogen-bond donors (Lipinski definition) is 1. The molecule has 0 radical (unpaired) electrons. The van der Waals surface area contributed by atoms with Gasteiger partial charge in [-0.05, 0) is 53.6 Å². The Kier molecular flexibility index (Phi) is 7.72. The second kappa shape index (κ2) is 12.1. The number of amides is 2. The van der Waals surface area contributed by atoms with Crippen LogP contribution in [0.4, 0.5) is 5.69 Å². The Labute approximate surface area is 246 Å². The van der Waals surface area contributed by atoms with Gasteiger partial charge in [0.15, 0.2) is 11.5 Å². The summed E-state index contributed by atoms with van der Waals surface area (Å²) in [4.78, 5) is 33.6. The van der Waals surface area contributed by atoms with Crippen LogP contribution in [0.5, 0.6) is 23.0 Å². The van der Waals surface area contributed by atoms with Crippen molar-refractivity contribution in [3.05, 3.63) is 96.3 Å². The van der Waals surface area contributed by atoms with E-state index in [0.29, 0.717) is 50.8 Å². The summed E-state index contributed by atoms with van der Waals surface area (Å²) in [5, 5.41) is 11.3. The van der Waals surface area contributed by atoms with Gasteiger partial charge in [0.05, 0.1) is 31.5 Å². The van der Waals surface area contributed by atoms with Crippen molar-refractivity contribution in [2.75, 3.05) is 32.9 Å². The van der Waals surface area contributed by atoms with Crippen LogP contribution in [0.15, 0.2) is 85.2 Å². The first kappa shape index (κ1) is 27.5. The number of carbonyl (C=O) groups excluding carboxylic acids is 2. The smallest absolute Gasteiger partial charge is 0.245 e. The average molecular weight is 581 g/mol. The predicted octanol–water partition coefficient (Wildman–Crippen LogP) is 3.83. The fraction of sp³-hybridized carbons (Fsp3) is 0.194. The van der Waals surface area contributed by atoms with Crippen molar-refractivity contribution in [2.45, 2.75) is 12.6 Å². The summed E-state index contributed by atoms with van der Waals surface area (Å²) in [6.45, 7) is -0.347. The van der Waals surface area contributed by atoms with Crippen LogP contribution in [0.3, 0.4) is 0 Å². The standard InChI is InChI=1S/C31H28N6O6/c1-40-22-10-11-24(27(15-22)41-2)33-29(38)17-36(30(39)18-37-25-8-4-3-7-23(25)34-35-37)31(21-6-5-13-32-16-21)20-9-12-26-28(14-20)43-19-42-26/h3-16,31H,17-19H2,1-2H3,(H,33,38). The summed E-state index contributed by atoms with van der Waals surface area (Å²) in [6.07, 6.45) is 3.32. The molecule has 43 heavy (non-hydrogen) atoms. The first-order valence-corrected chi connectivity index (χ1v) is 13.4. The number of anilines is 1. The van der Waals surface area contributed by atoms with E-state index in [-0.39, 0.29) is 25.8 Å². The van der Waals surface area contributed by atoms with Gasteiger partial charge in [-0.15, -0.1) is 5.10 Å². The zero-order chi connectivity index (χ0) is 29.8. The molecular formula is C31H28N6O6. The minimum absolute atomic E-state index is 0.102. The third-order valence-corrected chi connectivity index (χ3v) is 7.05. The maximum absolute atomic E-state index is 14.2. The molecule has 0 saturated carbocycles. The number of fused-ring (bicyclic) bond motifs is 2. The molecule has 1 atom stereocenters. The lowest BCUT2D eigenvalue weighted by molar-refractivity contribution is -0.137. The molecule has 0 fully saturated rings. The molecule has 12 heteroatoms. The number of nitrogens with one attached hydrogen (secondary N) is 1. The predicted molar refractivity (Wildman–Crippen MR) is 156 cm³/mol. The van der Waals surface area contributed by atoms with Crippen LogP contribution in [0, 0.1) is 0 Å². The molecule has 1 N–H and O–H groups in total. The number of para-hydroxylation sites is 1. The number of methoxy groups -OCH3 is 2. The van der Waals surface area contributed by atoms with E-state index in [1.54, 1.807) is 49.8 Å². The molecule has 0 bridgehead atoms. The van der Waals surface area contributed by atoms with Gasteiger partial charge >= 0.3 is 0 Å². The first-order valence-electron chi connectivity index (χ1n) is 13.4. The zero-order valence-electron chi connectivity index (χ0n) is 23.5. The molecule has 2 amide bonds. The second-order valence-corrected chi connectivity index (χ2v) is 9.67. The van der Waals surface area contributed by atoms with Crippen molar-refractivity contribution >= 4 is 28.5 Å². The van der Waals surface area contributed by atoms with Gasteiger partial charge in [-0.25, -0.2) is 4.68 Å². The Hall–Kier alpha value is -5.65. The summed E-state index contributed by atoms with van der Waals surface area (Å²) < 4.78 is 23.4. The summed E-state index contributed by atoms with van der Waals surface area (Å²) in [5.74, 6) is 1.35. The van der Waals surface area contributed by atoms with Crippen LogP contribution in [0.25, 0.3) is 11.0 Å². The molecule has 1 aliphatic rings.